The largest absolute Gasteiger partial charge is 0.466 e. The Labute approximate surface area is 84.3 Å². The van der Waals surface area contributed by atoms with E-state index in [0.717, 1.165) is 11.3 Å². The van der Waals surface area contributed by atoms with Crippen molar-refractivity contribution >= 4 is 5.78 Å². The summed E-state index contributed by atoms with van der Waals surface area (Å²) in [6.45, 7) is 5.57. The first-order valence-electron chi connectivity index (χ1n) is 4.61. The standard InChI is InChI=1S/C12H14O2/c1-5-6-7-11(13)12-8(2)9(3)14-10(12)4/h1H,6-7H2,2-4H3. The Morgan fingerprint density at radius 1 is 1.36 bits per heavy atom. The van der Waals surface area contributed by atoms with Crippen molar-refractivity contribution in [3.8, 4) is 12.3 Å². The summed E-state index contributed by atoms with van der Waals surface area (Å²) in [6, 6.07) is 0. The number of furan rings is 1. The fourth-order valence-corrected chi connectivity index (χ4v) is 1.51. The topological polar surface area (TPSA) is 30.2 Å². The molecule has 0 spiro atoms. The highest BCUT2D eigenvalue weighted by molar-refractivity contribution is 5.98. The minimum absolute atomic E-state index is 0.0785. The lowest BCUT2D eigenvalue weighted by atomic mass is 10.0. The number of hydrogen-bond acceptors (Lipinski definition) is 2. The zero-order chi connectivity index (χ0) is 10.7. The van der Waals surface area contributed by atoms with Crippen LogP contribution in [0.2, 0.25) is 0 Å². The highest BCUT2D eigenvalue weighted by Gasteiger charge is 2.17. The maximum Gasteiger partial charge on any atom is 0.167 e. The molecule has 0 amide bonds. The molecule has 0 saturated heterocycles. The first-order valence-corrected chi connectivity index (χ1v) is 4.61. The molecule has 14 heavy (non-hydrogen) atoms. The monoisotopic (exact) mass is 190 g/mol. The van der Waals surface area contributed by atoms with Crippen LogP contribution in [0, 0.1) is 33.1 Å². The minimum atomic E-state index is 0.0785. The number of rotatable bonds is 3. The van der Waals surface area contributed by atoms with Gasteiger partial charge in [0.2, 0.25) is 0 Å². The molecule has 0 N–H and O–H groups in total. The van der Waals surface area contributed by atoms with Crippen LogP contribution in [0.1, 0.15) is 40.3 Å². The molecule has 2 heteroatoms. The minimum Gasteiger partial charge on any atom is -0.466 e. The molecule has 1 aromatic heterocycles. The van der Waals surface area contributed by atoms with Gasteiger partial charge in [0.1, 0.15) is 11.5 Å². The Morgan fingerprint density at radius 2 is 2.00 bits per heavy atom. The van der Waals surface area contributed by atoms with E-state index in [1.165, 1.54) is 0 Å². The number of carbonyl (C=O) groups excluding carboxylic acids is 1. The van der Waals surface area contributed by atoms with E-state index >= 15 is 0 Å². The van der Waals surface area contributed by atoms with Gasteiger partial charge in [0, 0.05) is 18.4 Å². The average molecular weight is 190 g/mol. The molecule has 1 heterocycles. The van der Waals surface area contributed by atoms with Crippen molar-refractivity contribution < 1.29 is 9.21 Å². The number of aryl methyl sites for hydroxylation is 2. The summed E-state index contributed by atoms with van der Waals surface area (Å²) < 4.78 is 5.37. The van der Waals surface area contributed by atoms with E-state index < -0.39 is 0 Å². The molecule has 74 valence electrons. The van der Waals surface area contributed by atoms with Crippen LogP contribution >= 0.6 is 0 Å². The fourth-order valence-electron chi connectivity index (χ4n) is 1.51. The smallest absolute Gasteiger partial charge is 0.167 e. The molecular formula is C12H14O2. The van der Waals surface area contributed by atoms with Crippen LogP contribution in [0.25, 0.3) is 0 Å². The Morgan fingerprint density at radius 3 is 2.43 bits per heavy atom. The SMILES string of the molecule is C#CCCC(=O)c1c(C)oc(C)c1C. The molecule has 0 aromatic carbocycles. The van der Waals surface area contributed by atoms with E-state index in [9.17, 15) is 4.79 Å². The lowest BCUT2D eigenvalue weighted by Crippen LogP contribution is -2.00. The Kier molecular flexibility index (Phi) is 3.14. The van der Waals surface area contributed by atoms with Gasteiger partial charge in [-0.05, 0) is 20.8 Å². The fraction of sp³-hybridized carbons (Fsp3) is 0.417. The Balaban J connectivity index is 2.96. The molecule has 2 nitrogen and oxygen atoms in total. The second-order valence-corrected chi connectivity index (χ2v) is 3.34. The van der Waals surface area contributed by atoms with Crippen molar-refractivity contribution in [3.63, 3.8) is 0 Å². The Bertz CT molecular complexity index is 391. The second-order valence-electron chi connectivity index (χ2n) is 3.34. The molecule has 0 unspecified atom stereocenters. The van der Waals surface area contributed by atoms with Gasteiger partial charge in [-0.3, -0.25) is 4.79 Å². The van der Waals surface area contributed by atoms with Gasteiger partial charge in [0.05, 0.1) is 5.56 Å². The van der Waals surface area contributed by atoms with Crippen LogP contribution in [-0.2, 0) is 0 Å². The molecule has 0 radical (unpaired) electrons. The van der Waals surface area contributed by atoms with E-state index in [1.54, 1.807) is 0 Å². The van der Waals surface area contributed by atoms with E-state index in [-0.39, 0.29) is 5.78 Å². The predicted octanol–water partition coefficient (Wildman–Crippen LogP) is 2.80. The van der Waals surface area contributed by atoms with Crippen LogP contribution in [-0.4, -0.2) is 5.78 Å². The molecule has 0 fully saturated rings. The molecule has 0 aliphatic carbocycles. The van der Waals surface area contributed by atoms with Gasteiger partial charge in [0.15, 0.2) is 5.78 Å². The summed E-state index contributed by atoms with van der Waals surface area (Å²) in [5.41, 5.74) is 1.64. The molecule has 0 aliphatic rings. The van der Waals surface area contributed by atoms with E-state index in [1.807, 2.05) is 20.8 Å². The summed E-state index contributed by atoms with van der Waals surface area (Å²) in [5, 5.41) is 0. The van der Waals surface area contributed by atoms with Crippen LogP contribution < -0.4 is 0 Å². The zero-order valence-electron chi connectivity index (χ0n) is 8.81. The number of carbonyl (C=O) groups is 1. The van der Waals surface area contributed by atoms with Crippen molar-refractivity contribution in [2.45, 2.75) is 33.6 Å². The molecule has 0 aliphatic heterocycles. The van der Waals surface area contributed by atoms with Crippen molar-refractivity contribution in [1.29, 1.82) is 0 Å². The number of ketones is 1. The molecule has 0 atom stereocenters. The summed E-state index contributed by atoms with van der Waals surface area (Å²) in [5.74, 6) is 4.05. The molecule has 0 bridgehead atoms. The van der Waals surface area contributed by atoms with Gasteiger partial charge in [-0.25, -0.2) is 0 Å². The van der Waals surface area contributed by atoms with Crippen molar-refractivity contribution in [2.24, 2.45) is 0 Å². The first-order chi connectivity index (χ1) is 6.57. The maximum atomic E-state index is 11.7. The van der Waals surface area contributed by atoms with Gasteiger partial charge in [-0.2, -0.15) is 0 Å². The summed E-state index contributed by atoms with van der Waals surface area (Å²) in [7, 11) is 0. The molecule has 1 rings (SSSR count). The van der Waals surface area contributed by atoms with Crippen LogP contribution in [0.3, 0.4) is 0 Å². The van der Waals surface area contributed by atoms with E-state index in [0.29, 0.717) is 24.2 Å². The number of Topliss-reactive ketones (excluding diaryl/α,β-unsaturated/α-hetero) is 1. The third kappa shape index (κ3) is 1.88. The lowest BCUT2D eigenvalue weighted by molar-refractivity contribution is 0.0982. The number of terminal acetylenes is 1. The van der Waals surface area contributed by atoms with Gasteiger partial charge < -0.3 is 4.42 Å². The third-order valence-electron chi connectivity index (χ3n) is 2.34. The van der Waals surface area contributed by atoms with Crippen molar-refractivity contribution in [2.75, 3.05) is 0 Å². The van der Waals surface area contributed by atoms with Crippen molar-refractivity contribution in [1.82, 2.24) is 0 Å². The van der Waals surface area contributed by atoms with Crippen LogP contribution in [0.4, 0.5) is 0 Å². The first kappa shape index (κ1) is 10.6. The highest BCUT2D eigenvalue weighted by atomic mass is 16.3. The van der Waals surface area contributed by atoms with Gasteiger partial charge in [-0.1, -0.05) is 0 Å². The summed E-state index contributed by atoms with van der Waals surface area (Å²) in [6.07, 6.45) is 6.00. The highest BCUT2D eigenvalue weighted by Crippen LogP contribution is 2.22. The van der Waals surface area contributed by atoms with Gasteiger partial charge >= 0.3 is 0 Å². The van der Waals surface area contributed by atoms with Gasteiger partial charge in [0.25, 0.3) is 0 Å². The quantitative estimate of drug-likeness (QED) is 0.542. The second kappa shape index (κ2) is 4.15. The lowest BCUT2D eigenvalue weighted by Gasteiger charge is -1.97. The maximum absolute atomic E-state index is 11.7. The number of hydrogen-bond donors (Lipinski definition) is 0. The molecular weight excluding hydrogens is 176 g/mol. The van der Waals surface area contributed by atoms with Crippen molar-refractivity contribution in [3.05, 3.63) is 22.6 Å². The van der Waals surface area contributed by atoms with E-state index in [4.69, 9.17) is 10.8 Å². The van der Waals surface area contributed by atoms with E-state index in [2.05, 4.69) is 5.92 Å². The summed E-state index contributed by atoms with van der Waals surface area (Å²) >= 11 is 0. The predicted molar refractivity (Wildman–Crippen MR) is 55.3 cm³/mol. The average Bonchev–Trinajstić information content (AvgIpc) is 2.38. The third-order valence-corrected chi connectivity index (χ3v) is 2.34. The molecule has 1 aromatic rings. The zero-order valence-corrected chi connectivity index (χ0v) is 8.81. The molecule has 0 saturated carbocycles. The Hall–Kier alpha value is -1.49. The van der Waals surface area contributed by atoms with Crippen LogP contribution in [0.15, 0.2) is 4.42 Å². The van der Waals surface area contributed by atoms with Gasteiger partial charge in [-0.15, -0.1) is 12.3 Å². The normalized spacial score (nSPS) is 9.86. The van der Waals surface area contributed by atoms with Crippen LogP contribution in [0.5, 0.6) is 0 Å². The summed E-state index contributed by atoms with van der Waals surface area (Å²) in [4.78, 5) is 11.7.